The average Bonchev–Trinajstić information content (AvgIpc) is 2.80. The summed E-state index contributed by atoms with van der Waals surface area (Å²) in [5, 5.41) is 21.2. The van der Waals surface area contributed by atoms with Crippen LogP contribution in [0.15, 0.2) is 4.42 Å². The van der Waals surface area contributed by atoms with Crippen LogP contribution in [0.5, 0.6) is 0 Å². The maximum Gasteiger partial charge on any atom is 0.318 e. The van der Waals surface area contributed by atoms with Gasteiger partial charge in [-0.1, -0.05) is 5.10 Å². The van der Waals surface area contributed by atoms with Gasteiger partial charge in [0.05, 0.1) is 18.7 Å². The van der Waals surface area contributed by atoms with E-state index in [0.717, 1.165) is 13.0 Å². The number of aromatic nitrogens is 2. The first-order chi connectivity index (χ1) is 8.25. The average molecular weight is 254 g/mol. The molecular weight excluding hydrogens is 232 g/mol. The Bertz CT molecular complexity index is 408. The highest BCUT2D eigenvalue weighted by Crippen LogP contribution is 2.25. The molecule has 1 aromatic rings. The second kappa shape index (κ2) is 4.51. The summed E-state index contributed by atoms with van der Waals surface area (Å²) in [6, 6.07) is 0.499. The number of hydrogen-bond acceptors (Lipinski definition) is 6. The minimum Gasteiger partial charge on any atom is -0.407 e. The zero-order valence-electron chi connectivity index (χ0n) is 11.5. The lowest BCUT2D eigenvalue weighted by Crippen LogP contribution is -2.35. The van der Waals surface area contributed by atoms with Gasteiger partial charge in [-0.3, -0.25) is 0 Å². The Balaban J connectivity index is 1.95. The number of nitrogens with one attached hydrogen (secondary N) is 1. The molecule has 2 rings (SSSR count). The number of aliphatic hydroxyl groups is 1. The van der Waals surface area contributed by atoms with Crippen molar-refractivity contribution in [2.75, 3.05) is 18.0 Å². The van der Waals surface area contributed by atoms with E-state index in [-0.39, 0.29) is 5.54 Å². The highest BCUT2D eigenvalue weighted by molar-refractivity contribution is 5.28. The molecule has 1 aromatic heterocycles. The number of nitrogens with zero attached hydrogens (tertiary/aromatic N) is 3. The van der Waals surface area contributed by atoms with Crippen LogP contribution in [-0.2, 0) is 6.54 Å². The molecular formula is C12H22N4O2. The van der Waals surface area contributed by atoms with Crippen molar-refractivity contribution in [3.8, 4) is 0 Å². The molecule has 0 aromatic carbocycles. The Morgan fingerprint density at radius 2 is 2.17 bits per heavy atom. The standard InChI is InChI=1S/C12H22N4O2/c1-11(2,3)13-7-9-14-15-10(18-9)16-6-5-12(4,17)8-16/h13,17H,5-8H2,1-4H3. The van der Waals surface area contributed by atoms with Crippen LogP contribution in [0.4, 0.5) is 6.01 Å². The minimum absolute atomic E-state index is 0.0198. The number of β-amino-alcohol motifs (C(OH)–C–C–N with tert-alkyl or cyclic N) is 1. The van der Waals surface area contributed by atoms with Crippen LogP contribution < -0.4 is 10.2 Å². The first kappa shape index (κ1) is 13.3. The normalized spacial score (nSPS) is 24.8. The third-order valence-corrected chi connectivity index (χ3v) is 2.95. The van der Waals surface area contributed by atoms with E-state index in [4.69, 9.17) is 4.42 Å². The van der Waals surface area contributed by atoms with Crippen molar-refractivity contribution < 1.29 is 9.52 Å². The summed E-state index contributed by atoms with van der Waals surface area (Å²) in [4.78, 5) is 1.92. The van der Waals surface area contributed by atoms with E-state index in [1.165, 1.54) is 0 Å². The van der Waals surface area contributed by atoms with Gasteiger partial charge in [-0.15, -0.1) is 5.10 Å². The number of hydrogen-bond donors (Lipinski definition) is 2. The Morgan fingerprint density at radius 3 is 2.72 bits per heavy atom. The Morgan fingerprint density at radius 1 is 1.44 bits per heavy atom. The monoisotopic (exact) mass is 254 g/mol. The van der Waals surface area contributed by atoms with Gasteiger partial charge in [0.2, 0.25) is 5.89 Å². The minimum atomic E-state index is -0.654. The molecule has 2 N–H and O–H groups in total. The molecule has 1 saturated heterocycles. The van der Waals surface area contributed by atoms with Crippen LogP contribution >= 0.6 is 0 Å². The molecule has 6 nitrogen and oxygen atoms in total. The molecule has 1 unspecified atom stereocenters. The van der Waals surface area contributed by atoms with Gasteiger partial charge in [0, 0.05) is 12.1 Å². The number of rotatable bonds is 3. The third kappa shape index (κ3) is 3.43. The van der Waals surface area contributed by atoms with Crippen LogP contribution in [0.3, 0.4) is 0 Å². The molecule has 0 spiro atoms. The molecule has 102 valence electrons. The molecule has 1 aliphatic heterocycles. The van der Waals surface area contributed by atoms with E-state index in [1.54, 1.807) is 0 Å². The topological polar surface area (TPSA) is 74.4 Å². The summed E-state index contributed by atoms with van der Waals surface area (Å²) in [6.45, 7) is 9.93. The van der Waals surface area contributed by atoms with Gasteiger partial charge >= 0.3 is 6.01 Å². The summed E-state index contributed by atoms with van der Waals surface area (Å²) in [7, 11) is 0. The molecule has 0 aliphatic carbocycles. The SMILES string of the molecule is CC1(O)CCN(c2nnc(CNC(C)(C)C)o2)C1. The fraction of sp³-hybridized carbons (Fsp3) is 0.833. The van der Waals surface area contributed by atoms with Crippen LogP contribution in [0, 0.1) is 0 Å². The largest absolute Gasteiger partial charge is 0.407 e. The third-order valence-electron chi connectivity index (χ3n) is 2.95. The van der Waals surface area contributed by atoms with Gasteiger partial charge in [0.1, 0.15) is 0 Å². The zero-order valence-corrected chi connectivity index (χ0v) is 11.5. The van der Waals surface area contributed by atoms with Gasteiger partial charge in [-0.2, -0.15) is 0 Å². The second-order valence-electron chi connectivity index (χ2n) is 6.25. The van der Waals surface area contributed by atoms with Crippen LogP contribution in [0.25, 0.3) is 0 Å². The van der Waals surface area contributed by atoms with Crippen molar-refractivity contribution in [3.05, 3.63) is 5.89 Å². The molecule has 0 saturated carbocycles. The van der Waals surface area contributed by atoms with Gasteiger partial charge in [-0.05, 0) is 34.1 Å². The predicted octanol–water partition coefficient (Wildman–Crippen LogP) is 0.919. The van der Waals surface area contributed by atoms with Gasteiger partial charge in [-0.25, -0.2) is 0 Å². The summed E-state index contributed by atoms with van der Waals surface area (Å²) in [5.41, 5.74) is -0.635. The quantitative estimate of drug-likeness (QED) is 0.835. The summed E-state index contributed by atoms with van der Waals surface area (Å²) in [5.74, 6) is 0.575. The van der Waals surface area contributed by atoms with Crippen LogP contribution in [-0.4, -0.2) is 39.5 Å². The molecule has 1 aliphatic rings. The molecule has 1 fully saturated rings. The van der Waals surface area contributed by atoms with Crippen molar-refractivity contribution in [2.24, 2.45) is 0 Å². The lowest BCUT2D eigenvalue weighted by molar-refractivity contribution is 0.0836. The van der Waals surface area contributed by atoms with Gasteiger partial charge < -0.3 is 19.7 Å². The summed E-state index contributed by atoms with van der Waals surface area (Å²) >= 11 is 0. The highest BCUT2D eigenvalue weighted by Gasteiger charge is 2.33. The van der Waals surface area contributed by atoms with E-state index in [9.17, 15) is 5.11 Å². The maximum atomic E-state index is 9.90. The molecule has 2 heterocycles. The molecule has 18 heavy (non-hydrogen) atoms. The maximum absolute atomic E-state index is 9.90. The van der Waals surface area contributed by atoms with Crippen molar-refractivity contribution in [3.63, 3.8) is 0 Å². The fourth-order valence-corrected chi connectivity index (χ4v) is 1.89. The molecule has 0 bridgehead atoms. The van der Waals surface area contributed by atoms with Crippen molar-refractivity contribution >= 4 is 6.01 Å². The zero-order chi connectivity index (χ0) is 13.4. The van der Waals surface area contributed by atoms with Crippen molar-refractivity contribution in [1.82, 2.24) is 15.5 Å². The van der Waals surface area contributed by atoms with Gasteiger partial charge in [0.15, 0.2) is 0 Å². The fourth-order valence-electron chi connectivity index (χ4n) is 1.89. The summed E-state index contributed by atoms with van der Waals surface area (Å²) in [6.07, 6.45) is 0.727. The first-order valence-electron chi connectivity index (χ1n) is 6.30. The van der Waals surface area contributed by atoms with Crippen LogP contribution in [0.1, 0.15) is 40.0 Å². The van der Waals surface area contributed by atoms with Crippen molar-refractivity contribution in [1.29, 1.82) is 0 Å². The second-order valence-corrected chi connectivity index (χ2v) is 6.25. The smallest absolute Gasteiger partial charge is 0.318 e. The molecule has 0 amide bonds. The first-order valence-corrected chi connectivity index (χ1v) is 6.30. The predicted molar refractivity (Wildman–Crippen MR) is 68.3 cm³/mol. The van der Waals surface area contributed by atoms with E-state index in [0.29, 0.717) is 25.0 Å². The Kier molecular flexibility index (Phi) is 3.33. The molecule has 1 atom stereocenters. The van der Waals surface area contributed by atoms with E-state index >= 15 is 0 Å². The lowest BCUT2D eigenvalue weighted by atomic mass is 10.1. The van der Waals surface area contributed by atoms with E-state index < -0.39 is 5.60 Å². The molecule has 0 radical (unpaired) electrons. The van der Waals surface area contributed by atoms with Gasteiger partial charge in [0.25, 0.3) is 0 Å². The molecule has 6 heteroatoms. The van der Waals surface area contributed by atoms with Crippen LogP contribution in [0.2, 0.25) is 0 Å². The van der Waals surface area contributed by atoms with Crippen molar-refractivity contribution in [2.45, 2.75) is 51.8 Å². The lowest BCUT2D eigenvalue weighted by Gasteiger charge is -2.19. The Labute approximate surface area is 107 Å². The summed E-state index contributed by atoms with van der Waals surface area (Å²) < 4.78 is 5.59. The number of anilines is 1. The Hall–Kier alpha value is -1.14. The van der Waals surface area contributed by atoms with E-state index in [1.807, 2.05) is 11.8 Å². The highest BCUT2D eigenvalue weighted by atomic mass is 16.4. The van der Waals surface area contributed by atoms with E-state index in [2.05, 4.69) is 36.3 Å².